The number of hydrogen-bond acceptors (Lipinski definition) is 1. The van der Waals surface area contributed by atoms with Crippen LogP contribution in [0.15, 0.2) is 132 Å². The summed E-state index contributed by atoms with van der Waals surface area (Å²) in [5.74, 6) is 4.14. The maximum atomic E-state index is 6.80. The van der Waals surface area contributed by atoms with E-state index in [4.69, 9.17) is 4.42 Å². The maximum absolute atomic E-state index is 6.80. The highest BCUT2D eigenvalue weighted by atomic mass is 16.3. The van der Waals surface area contributed by atoms with E-state index in [1.807, 2.05) is 0 Å². The molecule has 0 amide bonds. The summed E-state index contributed by atoms with van der Waals surface area (Å²) in [7, 11) is 0. The van der Waals surface area contributed by atoms with Crippen molar-refractivity contribution in [3.63, 3.8) is 0 Å². The molecule has 0 saturated heterocycles. The lowest BCUT2D eigenvalue weighted by Gasteiger charge is -2.29. The largest absolute Gasteiger partial charge is 0.456 e. The van der Waals surface area contributed by atoms with Crippen LogP contribution in [0.4, 0.5) is 0 Å². The molecule has 0 spiro atoms. The van der Waals surface area contributed by atoms with Gasteiger partial charge in [-0.15, -0.1) is 0 Å². The number of furan rings is 1. The molecule has 2 atom stereocenters. The van der Waals surface area contributed by atoms with Crippen LogP contribution in [-0.4, -0.2) is 9.13 Å². The van der Waals surface area contributed by atoms with Gasteiger partial charge in [0.1, 0.15) is 59.1 Å². The minimum absolute atomic E-state index is 0.243. The summed E-state index contributed by atoms with van der Waals surface area (Å²) in [6, 6.07) is 36.6. The summed E-state index contributed by atoms with van der Waals surface area (Å²) in [5.41, 5.74) is 18.4. The van der Waals surface area contributed by atoms with Crippen LogP contribution in [0.3, 0.4) is 0 Å². The van der Waals surface area contributed by atoms with E-state index in [2.05, 4.69) is 196 Å². The topological polar surface area (TPSA) is 30.8 Å². The van der Waals surface area contributed by atoms with E-state index in [0.29, 0.717) is 17.8 Å². The lowest BCUT2D eigenvalue weighted by atomic mass is 9.80. The highest BCUT2D eigenvalue weighted by Crippen LogP contribution is 2.55. The molecule has 5 heteroatoms. The van der Waals surface area contributed by atoms with Crippen LogP contribution in [0.25, 0.3) is 61.8 Å². The fourth-order valence-electron chi connectivity index (χ4n) is 11.1. The molecule has 2 aliphatic heterocycles. The zero-order valence-corrected chi connectivity index (χ0v) is 35.6. The van der Waals surface area contributed by atoms with Gasteiger partial charge in [0.15, 0.2) is 0 Å². The molecular weight excluding hydrogens is 721 g/mol. The van der Waals surface area contributed by atoms with Crippen molar-refractivity contribution in [2.24, 2.45) is 0 Å². The van der Waals surface area contributed by atoms with Gasteiger partial charge in [0, 0.05) is 33.0 Å². The maximum Gasteiger partial charge on any atom is 0.299 e. The van der Waals surface area contributed by atoms with Crippen molar-refractivity contribution in [3.8, 4) is 34.2 Å². The number of imidazole rings is 2. The van der Waals surface area contributed by atoms with E-state index in [0.717, 1.165) is 24.0 Å². The van der Waals surface area contributed by atoms with Gasteiger partial charge in [0.05, 0.1) is 23.5 Å². The molecule has 59 heavy (non-hydrogen) atoms. The summed E-state index contributed by atoms with van der Waals surface area (Å²) < 4.78 is 17.1. The predicted octanol–water partition coefficient (Wildman–Crippen LogP) is 13.1. The van der Waals surface area contributed by atoms with Crippen LogP contribution in [-0.2, 0) is 6.42 Å². The summed E-state index contributed by atoms with van der Waals surface area (Å²) in [4.78, 5) is 0. The smallest absolute Gasteiger partial charge is 0.299 e. The van der Waals surface area contributed by atoms with Gasteiger partial charge in [-0.05, 0) is 71.1 Å². The van der Waals surface area contributed by atoms with Crippen molar-refractivity contribution in [3.05, 3.63) is 161 Å². The Morgan fingerprint density at radius 1 is 0.627 bits per heavy atom. The van der Waals surface area contributed by atoms with Gasteiger partial charge in [-0.1, -0.05) is 128 Å². The molecular formula is C54H54N4O+2. The van der Waals surface area contributed by atoms with E-state index >= 15 is 0 Å². The van der Waals surface area contributed by atoms with E-state index in [1.54, 1.807) is 0 Å². The molecule has 0 N–H and O–H groups in total. The van der Waals surface area contributed by atoms with E-state index in [-0.39, 0.29) is 17.9 Å². The lowest BCUT2D eigenvalue weighted by Crippen LogP contribution is -2.45. The Balaban J connectivity index is 1.15. The fourth-order valence-corrected chi connectivity index (χ4v) is 11.1. The second-order valence-electron chi connectivity index (χ2n) is 18.5. The van der Waals surface area contributed by atoms with Gasteiger partial charge in [-0.2, -0.15) is 13.7 Å². The van der Waals surface area contributed by atoms with Crippen molar-refractivity contribution in [1.29, 1.82) is 0 Å². The zero-order chi connectivity index (χ0) is 40.4. The first-order valence-electron chi connectivity index (χ1n) is 21.9. The number of para-hydroxylation sites is 2. The van der Waals surface area contributed by atoms with Crippen LogP contribution < -0.4 is 9.13 Å². The third-order valence-electron chi connectivity index (χ3n) is 13.8. The number of benzene rings is 5. The van der Waals surface area contributed by atoms with Crippen LogP contribution in [0.1, 0.15) is 131 Å². The molecule has 294 valence electrons. The van der Waals surface area contributed by atoms with Crippen LogP contribution in [0.5, 0.6) is 0 Å². The Labute approximate surface area is 347 Å². The van der Waals surface area contributed by atoms with Crippen LogP contribution in [0, 0.1) is 0 Å². The number of hydrogen-bond donors (Lipinski definition) is 0. The molecule has 11 rings (SSSR count). The Morgan fingerprint density at radius 3 is 2.05 bits per heavy atom. The molecule has 0 fully saturated rings. The fraction of sp³-hybridized carbons (Fsp3) is 0.296. The van der Waals surface area contributed by atoms with Crippen molar-refractivity contribution >= 4 is 27.6 Å². The molecule has 2 unspecified atom stereocenters. The lowest BCUT2D eigenvalue weighted by molar-refractivity contribution is -0.714. The Bertz CT molecular complexity index is 3010. The van der Waals surface area contributed by atoms with E-state index in [9.17, 15) is 0 Å². The van der Waals surface area contributed by atoms with Gasteiger partial charge >= 0.3 is 0 Å². The van der Waals surface area contributed by atoms with Crippen LogP contribution >= 0.6 is 0 Å². The molecule has 5 heterocycles. The highest BCUT2D eigenvalue weighted by molar-refractivity contribution is 6.07. The third-order valence-corrected chi connectivity index (χ3v) is 13.8. The first kappa shape index (κ1) is 36.2. The Hall–Kier alpha value is -5.94. The molecule has 1 aliphatic carbocycles. The molecule has 0 saturated carbocycles. The van der Waals surface area contributed by atoms with Crippen LogP contribution in [0.2, 0.25) is 0 Å². The van der Waals surface area contributed by atoms with Crippen molar-refractivity contribution in [2.75, 3.05) is 0 Å². The molecule has 3 aromatic heterocycles. The standard InChI is InChI=1S/C54H54N4O/c1-31(2)36-21-15-22-37(32(3)4)50(36)57-26-25-56-46-30-45-44(49(46)40-19-11-12-20-41(40)54(56)57)28-35-16-9-10-17-38(35)53-55(45)24-27-58(53)51-42(33(5)6)29-43-39-18-13-14-23-47(39)59-52(43)48(51)34(7)8/h9-27,29,31-34,46,49H,28,30H2,1-8H3/q+2. The summed E-state index contributed by atoms with van der Waals surface area (Å²) in [6.07, 6.45) is 11.3. The molecule has 8 aromatic rings. The van der Waals surface area contributed by atoms with Gasteiger partial charge in [0.25, 0.3) is 11.6 Å². The monoisotopic (exact) mass is 774 g/mol. The Kier molecular flexibility index (Phi) is 8.15. The average Bonchev–Trinajstić information content (AvgIpc) is 4.02. The van der Waals surface area contributed by atoms with E-state index in [1.165, 1.54) is 89.6 Å². The first-order chi connectivity index (χ1) is 28.6. The van der Waals surface area contributed by atoms with Gasteiger partial charge in [0.2, 0.25) is 0 Å². The molecule has 0 radical (unpaired) electrons. The highest BCUT2D eigenvalue weighted by Gasteiger charge is 2.51. The molecule has 0 bridgehead atoms. The number of nitrogens with zero attached hydrogens (tertiary/aromatic N) is 4. The SMILES string of the molecule is CC(C)c1cccc(C(C)C)c1-n1cc[n+]2c1-c1ccccc1C1C3=C(CC12)n1cc[n+](-c2c(C(C)C)cc4c(oc5ccccc54)c2C(C)C)c1-c1ccccc1C3. The molecule has 5 nitrogen and oxygen atoms in total. The van der Waals surface area contributed by atoms with Gasteiger partial charge < -0.3 is 4.42 Å². The molecule has 3 aliphatic rings. The number of fused-ring (bicyclic) bond motifs is 14. The second kappa shape index (κ2) is 13.3. The normalized spacial score (nSPS) is 16.9. The quantitative estimate of drug-likeness (QED) is 0.155. The predicted molar refractivity (Wildman–Crippen MR) is 240 cm³/mol. The minimum atomic E-state index is 0.243. The Morgan fingerprint density at radius 2 is 1.31 bits per heavy atom. The average molecular weight is 775 g/mol. The van der Waals surface area contributed by atoms with Gasteiger partial charge in [-0.3, -0.25) is 0 Å². The van der Waals surface area contributed by atoms with Crippen molar-refractivity contribution in [1.82, 2.24) is 9.13 Å². The van der Waals surface area contributed by atoms with Gasteiger partial charge in [-0.25, -0.2) is 4.57 Å². The number of rotatable bonds is 6. The molecule has 5 aromatic carbocycles. The zero-order valence-electron chi connectivity index (χ0n) is 35.6. The number of allylic oxidation sites excluding steroid dienone is 2. The first-order valence-corrected chi connectivity index (χ1v) is 21.9. The summed E-state index contributed by atoms with van der Waals surface area (Å²) in [6.45, 7) is 18.6. The van der Waals surface area contributed by atoms with E-state index < -0.39 is 0 Å². The summed E-state index contributed by atoms with van der Waals surface area (Å²) >= 11 is 0. The number of aromatic nitrogens is 4. The third kappa shape index (κ3) is 5.16. The summed E-state index contributed by atoms with van der Waals surface area (Å²) in [5, 5.41) is 2.40. The van der Waals surface area contributed by atoms with Crippen molar-refractivity contribution < 1.29 is 13.6 Å². The minimum Gasteiger partial charge on any atom is -0.456 e. The van der Waals surface area contributed by atoms with Crippen molar-refractivity contribution in [2.45, 2.75) is 104 Å². The second-order valence-corrected chi connectivity index (χ2v) is 18.5.